The highest BCUT2D eigenvalue weighted by Crippen LogP contribution is 2.27. The molecule has 0 fully saturated rings. The number of thiazole rings is 1. The molecule has 1 aliphatic rings. The molecule has 2 nitrogen and oxygen atoms in total. The molecular formula is C11H15NOS. The second kappa shape index (κ2) is 3.81. The van der Waals surface area contributed by atoms with Gasteiger partial charge in [-0.25, -0.2) is 4.98 Å². The molecule has 1 heterocycles. The van der Waals surface area contributed by atoms with Crippen LogP contribution in [0, 0.1) is 5.92 Å². The average molecular weight is 209 g/mol. The topological polar surface area (TPSA) is 30.0 Å². The third-order valence-electron chi connectivity index (χ3n) is 2.40. The minimum absolute atomic E-state index is 0.304. The number of carbonyl (C=O) groups is 1. The summed E-state index contributed by atoms with van der Waals surface area (Å²) in [6.07, 6.45) is 3.70. The van der Waals surface area contributed by atoms with Crippen molar-refractivity contribution in [2.45, 2.75) is 39.5 Å². The van der Waals surface area contributed by atoms with Gasteiger partial charge in [-0.05, 0) is 18.8 Å². The summed E-state index contributed by atoms with van der Waals surface area (Å²) in [6, 6.07) is 0. The van der Waals surface area contributed by atoms with E-state index in [-0.39, 0.29) is 0 Å². The maximum Gasteiger partial charge on any atom is 0.174 e. The van der Waals surface area contributed by atoms with E-state index < -0.39 is 0 Å². The van der Waals surface area contributed by atoms with E-state index in [2.05, 4.69) is 18.8 Å². The van der Waals surface area contributed by atoms with Crippen LogP contribution < -0.4 is 0 Å². The monoisotopic (exact) mass is 209 g/mol. The number of aromatic nitrogens is 1. The van der Waals surface area contributed by atoms with E-state index in [4.69, 9.17) is 0 Å². The molecule has 0 aliphatic heterocycles. The van der Waals surface area contributed by atoms with Crippen molar-refractivity contribution in [3.63, 3.8) is 0 Å². The van der Waals surface area contributed by atoms with Gasteiger partial charge in [-0.3, -0.25) is 4.79 Å². The number of carbonyl (C=O) groups excluding carboxylic acids is 1. The molecule has 3 heteroatoms. The Kier molecular flexibility index (Phi) is 2.68. The van der Waals surface area contributed by atoms with E-state index >= 15 is 0 Å². The Bertz CT molecular complexity index is 354. The second-order valence-corrected chi connectivity index (χ2v) is 5.34. The van der Waals surface area contributed by atoms with E-state index in [1.54, 1.807) is 11.3 Å². The molecule has 0 N–H and O–H groups in total. The van der Waals surface area contributed by atoms with E-state index in [9.17, 15) is 4.79 Å². The summed E-state index contributed by atoms with van der Waals surface area (Å²) in [5.74, 6) is 0.927. The normalized spacial score (nSPS) is 16.1. The molecule has 0 unspecified atom stereocenters. The fourth-order valence-electron chi connectivity index (χ4n) is 1.75. The molecule has 1 aliphatic carbocycles. The first-order valence-corrected chi connectivity index (χ1v) is 6.00. The van der Waals surface area contributed by atoms with Gasteiger partial charge in [0, 0.05) is 12.8 Å². The molecule has 1 aromatic rings. The van der Waals surface area contributed by atoms with Crippen LogP contribution in [0.25, 0.3) is 0 Å². The van der Waals surface area contributed by atoms with Crippen molar-refractivity contribution in [1.29, 1.82) is 0 Å². The zero-order valence-electron chi connectivity index (χ0n) is 8.67. The lowest BCUT2D eigenvalue weighted by Crippen LogP contribution is -2.07. The van der Waals surface area contributed by atoms with Crippen LogP contribution >= 0.6 is 11.3 Å². The molecule has 1 aromatic heterocycles. The number of ketones is 1. The molecule has 14 heavy (non-hydrogen) atoms. The van der Waals surface area contributed by atoms with Gasteiger partial charge in [0.15, 0.2) is 5.78 Å². The summed E-state index contributed by atoms with van der Waals surface area (Å²) < 4.78 is 0. The van der Waals surface area contributed by atoms with Crippen molar-refractivity contribution < 1.29 is 4.79 Å². The fraction of sp³-hybridized carbons (Fsp3) is 0.636. The van der Waals surface area contributed by atoms with E-state index in [0.29, 0.717) is 11.7 Å². The Labute approximate surface area is 88.4 Å². The van der Waals surface area contributed by atoms with Crippen LogP contribution in [0.5, 0.6) is 0 Å². The quantitative estimate of drug-likeness (QED) is 0.749. The first-order valence-electron chi connectivity index (χ1n) is 5.18. The third-order valence-corrected chi connectivity index (χ3v) is 3.56. The second-order valence-electron chi connectivity index (χ2n) is 4.26. The molecule has 0 radical (unpaired) electrons. The summed E-state index contributed by atoms with van der Waals surface area (Å²) in [4.78, 5) is 17.0. The number of fused-ring (bicyclic) bond motifs is 1. The largest absolute Gasteiger partial charge is 0.293 e. The summed E-state index contributed by atoms with van der Waals surface area (Å²) in [6.45, 7) is 4.37. The van der Waals surface area contributed by atoms with Gasteiger partial charge in [-0.1, -0.05) is 13.8 Å². The van der Waals surface area contributed by atoms with Crippen molar-refractivity contribution >= 4 is 17.1 Å². The first kappa shape index (κ1) is 9.84. The minimum Gasteiger partial charge on any atom is -0.293 e. The van der Waals surface area contributed by atoms with Crippen LogP contribution in [-0.4, -0.2) is 10.8 Å². The molecule has 2 rings (SSSR count). The Morgan fingerprint density at radius 2 is 2.21 bits per heavy atom. The Morgan fingerprint density at radius 3 is 2.86 bits per heavy atom. The number of hydrogen-bond donors (Lipinski definition) is 0. The Hall–Kier alpha value is -0.700. The first-order chi connectivity index (χ1) is 6.66. The predicted octanol–water partition coefficient (Wildman–Crippen LogP) is 2.86. The van der Waals surface area contributed by atoms with Gasteiger partial charge in [0.25, 0.3) is 0 Å². The van der Waals surface area contributed by atoms with Crippen LogP contribution in [0.2, 0.25) is 0 Å². The van der Waals surface area contributed by atoms with E-state index in [0.717, 1.165) is 41.3 Å². The molecule has 0 aromatic carbocycles. The van der Waals surface area contributed by atoms with Gasteiger partial charge in [0.05, 0.1) is 15.6 Å². The average Bonchev–Trinajstić information content (AvgIpc) is 2.47. The number of nitrogens with zero attached hydrogens (tertiary/aromatic N) is 1. The molecule has 0 atom stereocenters. The predicted molar refractivity (Wildman–Crippen MR) is 57.9 cm³/mol. The standard InChI is InChI=1S/C11H15NOS/c1-7(2)6-10-12-8-4-3-5-9(13)11(8)14-10/h7H,3-6H2,1-2H3. The molecule has 0 amide bonds. The highest BCUT2D eigenvalue weighted by molar-refractivity contribution is 7.13. The van der Waals surface area contributed by atoms with Crippen molar-refractivity contribution in [3.05, 3.63) is 15.6 Å². The molecule has 0 saturated heterocycles. The summed E-state index contributed by atoms with van der Waals surface area (Å²) >= 11 is 1.61. The molecule has 0 bridgehead atoms. The lowest BCUT2D eigenvalue weighted by molar-refractivity contribution is 0.0976. The number of rotatable bonds is 2. The highest BCUT2D eigenvalue weighted by atomic mass is 32.1. The maximum atomic E-state index is 11.6. The third kappa shape index (κ3) is 1.87. The lowest BCUT2D eigenvalue weighted by atomic mass is 10.0. The van der Waals surface area contributed by atoms with Crippen LogP contribution in [0.1, 0.15) is 47.1 Å². The minimum atomic E-state index is 0.304. The molecule has 0 saturated carbocycles. The van der Waals surface area contributed by atoms with E-state index in [1.807, 2.05) is 0 Å². The van der Waals surface area contributed by atoms with Crippen LogP contribution in [0.15, 0.2) is 0 Å². The van der Waals surface area contributed by atoms with Gasteiger partial charge in [-0.15, -0.1) is 11.3 Å². The Morgan fingerprint density at radius 1 is 1.43 bits per heavy atom. The summed E-state index contributed by atoms with van der Waals surface area (Å²) in [5.41, 5.74) is 1.06. The number of hydrogen-bond acceptors (Lipinski definition) is 3. The van der Waals surface area contributed by atoms with Gasteiger partial charge in [-0.2, -0.15) is 0 Å². The van der Waals surface area contributed by atoms with Gasteiger partial charge in [0.1, 0.15) is 0 Å². The maximum absolute atomic E-state index is 11.6. The number of aryl methyl sites for hydroxylation is 1. The van der Waals surface area contributed by atoms with Crippen LogP contribution in [-0.2, 0) is 12.8 Å². The van der Waals surface area contributed by atoms with Crippen molar-refractivity contribution in [1.82, 2.24) is 4.98 Å². The molecule has 0 spiro atoms. The van der Waals surface area contributed by atoms with Crippen molar-refractivity contribution in [3.8, 4) is 0 Å². The summed E-state index contributed by atoms with van der Waals surface area (Å²) in [7, 11) is 0. The van der Waals surface area contributed by atoms with Crippen molar-refractivity contribution in [2.75, 3.05) is 0 Å². The smallest absolute Gasteiger partial charge is 0.174 e. The molecular weight excluding hydrogens is 194 g/mol. The van der Waals surface area contributed by atoms with Gasteiger partial charge < -0.3 is 0 Å². The lowest BCUT2D eigenvalue weighted by Gasteiger charge is -2.06. The fourth-order valence-corrected chi connectivity index (χ4v) is 3.04. The number of Topliss-reactive ketones (excluding diaryl/α,β-unsaturated/α-hetero) is 1. The SMILES string of the molecule is CC(C)Cc1nc2c(s1)C(=O)CCC2. The van der Waals surface area contributed by atoms with Crippen LogP contribution in [0.3, 0.4) is 0 Å². The molecule has 76 valence electrons. The van der Waals surface area contributed by atoms with Gasteiger partial charge >= 0.3 is 0 Å². The zero-order valence-corrected chi connectivity index (χ0v) is 9.49. The highest BCUT2D eigenvalue weighted by Gasteiger charge is 2.21. The van der Waals surface area contributed by atoms with E-state index in [1.165, 1.54) is 0 Å². The summed E-state index contributed by atoms with van der Waals surface area (Å²) in [5, 5.41) is 1.14. The van der Waals surface area contributed by atoms with Crippen LogP contribution in [0.4, 0.5) is 0 Å². The zero-order chi connectivity index (χ0) is 10.1. The Balaban J connectivity index is 2.26. The van der Waals surface area contributed by atoms with Gasteiger partial charge in [0.2, 0.25) is 0 Å². The van der Waals surface area contributed by atoms with Crippen molar-refractivity contribution in [2.24, 2.45) is 5.92 Å².